The molecule has 0 saturated heterocycles. The van der Waals surface area contributed by atoms with E-state index in [4.69, 9.17) is 5.73 Å². The maximum Gasteiger partial charge on any atom is 0.0182 e. The molecule has 0 spiro atoms. The summed E-state index contributed by atoms with van der Waals surface area (Å²) in [6.07, 6.45) is 11.1. The minimum absolute atomic E-state index is 0.274. The van der Waals surface area contributed by atoms with Crippen LogP contribution in [0.3, 0.4) is 0 Å². The molecule has 1 heteroatoms. The molecule has 2 rings (SSSR count). The Kier molecular flexibility index (Phi) is 1.92. The van der Waals surface area contributed by atoms with E-state index in [9.17, 15) is 0 Å². The summed E-state index contributed by atoms with van der Waals surface area (Å²) in [5.74, 6) is 0.880. The molecular weight excluding hydrogens is 134 g/mol. The number of fused-ring (bicyclic) bond motifs is 1. The molecule has 0 aromatic rings. The van der Waals surface area contributed by atoms with Crippen molar-refractivity contribution in [2.75, 3.05) is 0 Å². The van der Waals surface area contributed by atoms with E-state index in [0.717, 1.165) is 5.92 Å². The molecule has 0 aliphatic heterocycles. The Morgan fingerprint density at radius 3 is 2.55 bits per heavy atom. The lowest BCUT2D eigenvalue weighted by Gasteiger charge is -2.29. The largest absolute Gasteiger partial charge is 0.325 e. The van der Waals surface area contributed by atoms with E-state index in [-0.39, 0.29) is 5.54 Å². The molecule has 0 bridgehead atoms. The van der Waals surface area contributed by atoms with Crippen molar-refractivity contribution >= 4 is 0 Å². The molecule has 64 valence electrons. The van der Waals surface area contributed by atoms with Crippen LogP contribution in [0.4, 0.5) is 0 Å². The van der Waals surface area contributed by atoms with Gasteiger partial charge in [0.1, 0.15) is 0 Å². The smallest absolute Gasteiger partial charge is 0.0182 e. The van der Waals surface area contributed by atoms with Crippen LogP contribution in [0, 0.1) is 5.92 Å². The topological polar surface area (TPSA) is 26.0 Å². The second-order valence-electron chi connectivity index (χ2n) is 4.42. The molecule has 0 amide bonds. The fourth-order valence-corrected chi connectivity index (χ4v) is 2.95. The summed E-state index contributed by atoms with van der Waals surface area (Å²) in [5.41, 5.74) is 6.64. The monoisotopic (exact) mass is 153 g/mol. The molecule has 2 atom stereocenters. The second-order valence-corrected chi connectivity index (χ2v) is 4.42. The molecule has 0 radical (unpaired) electrons. The van der Waals surface area contributed by atoms with E-state index in [1.807, 2.05) is 0 Å². The molecule has 2 aliphatic rings. The Balaban J connectivity index is 2.09. The molecule has 2 unspecified atom stereocenters. The van der Waals surface area contributed by atoms with E-state index >= 15 is 0 Å². The van der Waals surface area contributed by atoms with Crippen LogP contribution in [0.2, 0.25) is 0 Å². The molecule has 0 heterocycles. The third-order valence-electron chi connectivity index (χ3n) is 3.70. The molecule has 0 aromatic heterocycles. The first-order chi connectivity index (χ1) is 5.31. The molecular formula is C10H19N. The molecule has 2 saturated carbocycles. The highest BCUT2D eigenvalue weighted by atomic mass is 14.8. The summed E-state index contributed by atoms with van der Waals surface area (Å²) in [5, 5.41) is 0. The summed E-state index contributed by atoms with van der Waals surface area (Å²) >= 11 is 0. The van der Waals surface area contributed by atoms with Crippen LogP contribution in [0.1, 0.15) is 51.4 Å². The first-order valence-corrected chi connectivity index (χ1v) is 5.10. The maximum absolute atomic E-state index is 6.36. The zero-order valence-corrected chi connectivity index (χ0v) is 7.31. The van der Waals surface area contributed by atoms with E-state index in [1.165, 1.54) is 51.4 Å². The lowest BCUT2D eigenvalue weighted by molar-refractivity contribution is 0.298. The standard InChI is InChI=1S/C10H19N/c11-10-7-3-1-2-5-9(10)6-4-8-10/h9H,1-8,11H2. The minimum atomic E-state index is 0.274. The van der Waals surface area contributed by atoms with Gasteiger partial charge in [-0.3, -0.25) is 0 Å². The van der Waals surface area contributed by atoms with E-state index in [0.29, 0.717) is 0 Å². The lowest BCUT2D eigenvalue weighted by Crippen LogP contribution is -2.42. The summed E-state index contributed by atoms with van der Waals surface area (Å²) in [4.78, 5) is 0. The zero-order valence-electron chi connectivity index (χ0n) is 7.31. The Morgan fingerprint density at radius 1 is 0.909 bits per heavy atom. The van der Waals surface area contributed by atoms with Crippen LogP contribution in [-0.2, 0) is 0 Å². The van der Waals surface area contributed by atoms with Crippen LogP contribution < -0.4 is 5.73 Å². The molecule has 11 heavy (non-hydrogen) atoms. The Labute approximate surface area is 69.4 Å². The summed E-state index contributed by atoms with van der Waals surface area (Å²) in [6, 6.07) is 0. The molecule has 1 nitrogen and oxygen atoms in total. The SMILES string of the molecule is NC12CCCCCC1CCC2. The average Bonchev–Trinajstić information content (AvgIpc) is 2.24. The summed E-state index contributed by atoms with van der Waals surface area (Å²) < 4.78 is 0. The normalized spacial score (nSPS) is 45.0. The van der Waals surface area contributed by atoms with Crippen molar-refractivity contribution in [2.24, 2.45) is 11.7 Å². The second kappa shape index (κ2) is 2.78. The van der Waals surface area contributed by atoms with Gasteiger partial charge in [-0.15, -0.1) is 0 Å². The van der Waals surface area contributed by atoms with Gasteiger partial charge in [-0.05, 0) is 31.6 Å². The first-order valence-electron chi connectivity index (χ1n) is 5.10. The van der Waals surface area contributed by atoms with Gasteiger partial charge < -0.3 is 5.73 Å². The van der Waals surface area contributed by atoms with E-state index in [1.54, 1.807) is 0 Å². The van der Waals surface area contributed by atoms with Gasteiger partial charge in [-0.1, -0.05) is 25.7 Å². The maximum atomic E-state index is 6.36. The third kappa shape index (κ3) is 1.31. The Bertz CT molecular complexity index is 144. The number of rotatable bonds is 0. The predicted octanol–water partition coefficient (Wildman–Crippen LogP) is 2.45. The van der Waals surface area contributed by atoms with Crippen molar-refractivity contribution in [3.8, 4) is 0 Å². The average molecular weight is 153 g/mol. The van der Waals surface area contributed by atoms with Crippen molar-refractivity contribution in [3.63, 3.8) is 0 Å². The van der Waals surface area contributed by atoms with Gasteiger partial charge in [0.25, 0.3) is 0 Å². The molecule has 2 N–H and O–H groups in total. The van der Waals surface area contributed by atoms with Crippen LogP contribution >= 0.6 is 0 Å². The summed E-state index contributed by atoms with van der Waals surface area (Å²) in [6.45, 7) is 0. The van der Waals surface area contributed by atoms with Crippen LogP contribution in [-0.4, -0.2) is 5.54 Å². The lowest BCUT2D eigenvalue weighted by atomic mass is 9.84. The zero-order chi connectivity index (χ0) is 7.73. The van der Waals surface area contributed by atoms with E-state index in [2.05, 4.69) is 0 Å². The highest BCUT2D eigenvalue weighted by molar-refractivity contribution is 4.97. The highest BCUT2D eigenvalue weighted by Gasteiger charge is 2.39. The fourth-order valence-electron chi connectivity index (χ4n) is 2.95. The summed E-state index contributed by atoms with van der Waals surface area (Å²) in [7, 11) is 0. The minimum Gasteiger partial charge on any atom is -0.325 e. The van der Waals surface area contributed by atoms with Gasteiger partial charge in [0, 0.05) is 5.54 Å². The number of hydrogen-bond donors (Lipinski definition) is 1. The van der Waals surface area contributed by atoms with Gasteiger partial charge in [-0.2, -0.15) is 0 Å². The van der Waals surface area contributed by atoms with Gasteiger partial charge in [0.15, 0.2) is 0 Å². The Hall–Kier alpha value is -0.0400. The van der Waals surface area contributed by atoms with Crippen molar-refractivity contribution in [2.45, 2.75) is 56.9 Å². The molecule has 0 aromatic carbocycles. The molecule has 2 aliphatic carbocycles. The highest BCUT2D eigenvalue weighted by Crippen LogP contribution is 2.42. The van der Waals surface area contributed by atoms with Crippen LogP contribution in [0.25, 0.3) is 0 Å². The Morgan fingerprint density at radius 2 is 1.64 bits per heavy atom. The van der Waals surface area contributed by atoms with Crippen molar-refractivity contribution < 1.29 is 0 Å². The number of hydrogen-bond acceptors (Lipinski definition) is 1. The van der Waals surface area contributed by atoms with Crippen molar-refractivity contribution in [1.29, 1.82) is 0 Å². The van der Waals surface area contributed by atoms with Crippen LogP contribution in [0.15, 0.2) is 0 Å². The van der Waals surface area contributed by atoms with Crippen LogP contribution in [0.5, 0.6) is 0 Å². The fraction of sp³-hybridized carbons (Fsp3) is 1.00. The van der Waals surface area contributed by atoms with Gasteiger partial charge in [0.05, 0.1) is 0 Å². The quantitative estimate of drug-likeness (QED) is 0.568. The molecule has 2 fully saturated rings. The van der Waals surface area contributed by atoms with Crippen molar-refractivity contribution in [1.82, 2.24) is 0 Å². The van der Waals surface area contributed by atoms with Gasteiger partial charge >= 0.3 is 0 Å². The van der Waals surface area contributed by atoms with E-state index < -0.39 is 0 Å². The van der Waals surface area contributed by atoms with Crippen molar-refractivity contribution in [3.05, 3.63) is 0 Å². The predicted molar refractivity (Wildman–Crippen MR) is 47.3 cm³/mol. The van der Waals surface area contributed by atoms with Gasteiger partial charge in [-0.25, -0.2) is 0 Å². The third-order valence-corrected chi connectivity index (χ3v) is 3.70. The number of nitrogens with two attached hydrogens (primary N) is 1. The van der Waals surface area contributed by atoms with Gasteiger partial charge in [0.2, 0.25) is 0 Å². The first kappa shape index (κ1) is 7.60.